The van der Waals surface area contributed by atoms with Crippen LogP contribution >= 0.6 is 11.3 Å². The lowest BCUT2D eigenvalue weighted by atomic mass is 9.98. The van der Waals surface area contributed by atoms with Crippen LogP contribution < -0.4 is 0 Å². The molecular weight excluding hydrogens is 457 g/mol. The fraction of sp³-hybridized carbons (Fsp3) is 0.0385. The first kappa shape index (κ1) is 20.6. The summed E-state index contributed by atoms with van der Waals surface area (Å²) in [5, 5.41) is 5.77. The van der Waals surface area contributed by atoms with Crippen molar-refractivity contribution in [3.05, 3.63) is 96.7 Å². The molecule has 0 aliphatic carbocycles. The minimum Gasteiger partial charge on any atom is -0.223 e. The lowest BCUT2D eigenvalue weighted by Crippen LogP contribution is -2.09. The quantitative estimate of drug-likeness (QED) is 0.270. The van der Waals surface area contributed by atoms with Gasteiger partial charge in [0.1, 0.15) is 11.4 Å². The third kappa shape index (κ3) is 3.43. The second kappa shape index (κ2) is 7.78. The summed E-state index contributed by atoms with van der Waals surface area (Å²) in [4.78, 5) is 8.70. The molecule has 3 heterocycles. The maximum atomic E-state index is 13.9. The summed E-state index contributed by atoms with van der Waals surface area (Å²) in [6, 6.07) is 27.1. The summed E-state index contributed by atoms with van der Waals surface area (Å²) in [6.45, 7) is 0. The molecule has 3 aromatic heterocycles. The van der Waals surface area contributed by atoms with E-state index in [4.69, 9.17) is 5.10 Å². The first-order chi connectivity index (χ1) is 16.5. The lowest BCUT2D eigenvalue weighted by molar-refractivity contribution is -0.140. The molecule has 0 aliphatic heterocycles. The zero-order valence-electron chi connectivity index (χ0n) is 17.5. The summed E-state index contributed by atoms with van der Waals surface area (Å²) in [5.41, 5.74) is 2.31. The monoisotopic (exact) mass is 472 g/mol. The molecule has 0 radical (unpaired) electrons. The van der Waals surface area contributed by atoms with Gasteiger partial charge < -0.3 is 0 Å². The third-order valence-corrected chi connectivity index (χ3v) is 6.54. The molecule has 0 atom stereocenters. The maximum Gasteiger partial charge on any atom is 0.433 e. The molecule has 0 unspecified atom stereocenters. The van der Waals surface area contributed by atoms with E-state index in [1.807, 2.05) is 60.7 Å². The average Bonchev–Trinajstić information content (AvgIpc) is 3.46. The zero-order valence-corrected chi connectivity index (χ0v) is 18.3. The number of fused-ring (bicyclic) bond motifs is 2. The Labute approximate surface area is 196 Å². The minimum atomic E-state index is -4.62. The second-order valence-electron chi connectivity index (χ2n) is 7.71. The Bertz CT molecular complexity index is 1600. The molecule has 8 heteroatoms. The predicted molar refractivity (Wildman–Crippen MR) is 128 cm³/mol. The van der Waals surface area contributed by atoms with Crippen molar-refractivity contribution in [2.75, 3.05) is 0 Å². The first-order valence-electron chi connectivity index (χ1n) is 10.5. The minimum absolute atomic E-state index is 0.117. The summed E-state index contributed by atoms with van der Waals surface area (Å²) < 4.78 is 44.2. The Kier molecular flexibility index (Phi) is 4.70. The molecule has 6 rings (SSSR count). The van der Waals surface area contributed by atoms with Gasteiger partial charge in [0.25, 0.3) is 0 Å². The molecule has 0 spiro atoms. The van der Waals surface area contributed by atoms with Crippen molar-refractivity contribution in [3.63, 3.8) is 0 Å². The van der Waals surface area contributed by atoms with Crippen LogP contribution in [0.25, 0.3) is 48.8 Å². The van der Waals surface area contributed by atoms with Crippen LogP contribution in [-0.2, 0) is 6.18 Å². The van der Waals surface area contributed by atoms with Crippen LogP contribution in [-0.4, -0.2) is 19.7 Å². The Hall–Kier alpha value is -4.04. The van der Waals surface area contributed by atoms with Gasteiger partial charge >= 0.3 is 6.18 Å². The van der Waals surface area contributed by atoms with Gasteiger partial charge in [-0.2, -0.15) is 23.0 Å². The number of alkyl halides is 3. The number of aromatic nitrogens is 4. The normalized spacial score (nSPS) is 12.0. The molecule has 0 saturated carbocycles. The van der Waals surface area contributed by atoms with Crippen LogP contribution in [0, 0.1) is 0 Å². The summed E-state index contributed by atoms with van der Waals surface area (Å²) in [7, 11) is 0. The molecule has 3 aromatic carbocycles. The maximum absolute atomic E-state index is 13.9. The summed E-state index contributed by atoms with van der Waals surface area (Å²) in [6.07, 6.45) is -4.62. The fourth-order valence-corrected chi connectivity index (χ4v) is 4.91. The standard InChI is InChI=1S/C26H15F3N4S/c27-26(28,29)21-15-18(16-9-3-1-4-10-16)22-23(17-11-5-2-6-12-17)32-33(24(22)31-21)25-30-19-13-7-8-14-20(19)34-25/h1-15H. The van der Waals surface area contributed by atoms with E-state index in [2.05, 4.69) is 9.97 Å². The van der Waals surface area contributed by atoms with Gasteiger partial charge in [-0.3, -0.25) is 0 Å². The van der Waals surface area contributed by atoms with Crippen LogP contribution in [0.5, 0.6) is 0 Å². The van der Waals surface area contributed by atoms with E-state index in [9.17, 15) is 13.2 Å². The van der Waals surface area contributed by atoms with Crippen molar-refractivity contribution in [1.82, 2.24) is 19.7 Å². The highest BCUT2D eigenvalue weighted by atomic mass is 32.1. The van der Waals surface area contributed by atoms with Gasteiger partial charge in [0.05, 0.1) is 15.6 Å². The Morgan fingerprint density at radius 2 is 1.38 bits per heavy atom. The largest absolute Gasteiger partial charge is 0.433 e. The molecule has 4 nitrogen and oxygen atoms in total. The Morgan fingerprint density at radius 3 is 2.06 bits per heavy atom. The molecule has 6 aromatic rings. The predicted octanol–water partition coefficient (Wildman–Crippen LogP) is 7.38. The van der Waals surface area contributed by atoms with Gasteiger partial charge in [0.2, 0.25) is 5.13 Å². The van der Waals surface area contributed by atoms with E-state index < -0.39 is 11.9 Å². The summed E-state index contributed by atoms with van der Waals surface area (Å²) >= 11 is 1.36. The van der Waals surface area contributed by atoms with E-state index in [1.165, 1.54) is 16.0 Å². The van der Waals surface area contributed by atoms with Crippen LogP contribution in [0.4, 0.5) is 13.2 Å². The molecular formula is C26H15F3N4S. The number of para-hydroxylation sites is 1. The number of thiazole rings is 1. The van der Waals surface area contributed by atoms with E-state index in [0.29, 0.717) is 27.3 Å². The van der Waals surface area contributed by atoms with Gasteiger partial charge in [-0.05, 0) is 29.3 Å². The van der Waals surface area contributed by atoms with Crippen LogP contribution in [0.2, 0.25) is 0 Å². The van der Waals surface area contributed by atoms with Crippen molar-refractivity contribution in [2.24, 2.45) is 0 Å². The highest BCUT2D eigenvalue weighted by molar-refractivity contribution is 7.20. The number of halogens is 3. The molecule has 0 saturated heterocycles. The molecule has 34 heavy (non-hydrogen) atoms. The van der Waals surface area contributed by atoms with Gasteiger partial charge in [-0.1, -0.05) is 84.1 Å². The summed E-state index contributed by atoms with van der Waals surface area (Å²) in [5.74, 6) is 0. The van der Waals surface area contributed by atoms with Crippen molar-refractivity contribution >= 4 is 32.6 Å². The number of rotatable bonds is 3. The lowest BCUT2D eigenvalue weighted by Gasteiger charge is -2.11. The fourth-order valence-electron chi connectivity index (χ4n) is 3.99. The van der Waals surface area contributed by atoms with Crippen LogP contribution in [0.15, 0.2) is 91.0 Å². The Morgan fingerprint density at radius 1 is 0.735 bits per heavy atom. The van der Waals surface area contributed by atoms with Gasteiger partial charge in [-0.25, -0.2) is 9.97 Å². The number of pyridine rings is 1. The van der Waals surface area contributed by atoms with Crippen LogP contribution in [0.3, 0.4) is 0 Å². The first-order valence-corrected chi connectivity index (χ1v) is 11.3. The Balaban J connectivity index is 1.75. The van der Waals surface area contributed by atoms with Crippen molar-refractivity contribution < 1.29 is 13.2 Å². The van der Waals surface area contributed by atoms with Crippen LogP contribution in [0.1, 0.15) is 5.69 Å². The molecule has 0 N–H and O–H groups in total. The van der Waals surface area contributed by atoms with Gasteiger partial charge in [-0.15, -0.1) is 0 Å². The van der Waals surface area contributed by atoms with Crippen molar-refractivity contribution in [2.45, 2.75) is 6.18 Å². The average molecular weight is 472 g/mol. The zero-order chi connectivity index (χ0) is 23.3. The molecule has 0 amide bonds. The number of hydrogen-bond donors (Lipinski definition) is 0. The van der Waals surface area contributed by atoms with Gasteiger partial charge in [0, 0.05) is 5.56 Å². The third-order valence-electron chi connectivity index (χ3n) is 5.52. The van der Waals surface area contributed by atoms with E-state index in [-0.39, 0.29) is 5.65 Å². The van der Waals surface area contributed by atoms with Gasteiger partial charge in [0.15, 0.2) is 5.65 Å². The van der Waals surface area contributed by atoms with Crippen molar-refractivity contribution in [1.29, 1.82) is 0 Å². The molecule has 0 bridgehead atoms. The topological polar surface area (TPSA) is 43.6 Å². The highest BCUT2D eigenvalue weighted by Gasteiger charge is 2.35. The van der Waals surface area contributed by atoms with E-state index in [1.54, 1.807) is 24.3 Å². The highest BCUT2D eigenvalue weighted by Crippen LogP contribution is 2.40. The number of nitrogens with zero attached hydrogens (tertiary/aromatic N) is 4. The molecule has 166 valence electrons. The number of hydrogen-bond acceptors (Lipinski definition) is 4. The van der Waals surface area contributed by atoms with E-state index >= 15 is 0 Å². The van der Waals surface area contributed by atoms with Crippen molar-refractivity contribution in [3.8, 4) is 27.5 Å². The number of benzene rings is 3. The second-order valence-corrected chi connectivity index (χ2v) is 8.72. The SMILES string of the molecule is FC(F)(F)c1cc(-c2ccccc2)c2c(-c3ccccc3)nn(-c3nc4ccccc4s3)c2n1. The molecule has 0 fully saturated rings. The van der Waals surface area contributed by atoms with E-state index in [0.717, 1.165) is 21.8 Å². The smallest absolute Gasteiger partial charge is 0.223 e. The molecule has 0 aliphatic rings.